The first-order valence-corrected chi connectivity index (χ1v) is 10.3. The molecule has 2 aromatic carbocycles. The summed E-state index contributed by atoms with van der Waals surface area (Å²) in [4.78, 5) is 24.2. The van der Waals surface area contributed by atoms with Gasteiger partial charge in [-0.25, -0.2) is 0 Å². The quantitative estimate of drug-likeness (QED) is 0.426. The number of furan rings is 1. The van der Waals surface area contributed by atoms with E-state index in [9.17, 15) is 14.7 Å². The number of benzene rings is 2. The van der Waals surface area contributed by atoms with E-state index in [1.54, 1.807) is 12.1 Å². The maximum atomic E-state index is 13.3. The summed E-state index contributed by atoms with van der Waals surface area (Å²) in [5.74, 6) is -1.29. The van der Waals surface area contributed by atoms with Crippen LogP contribution in [0.5, 0.6) is 5.75 Å². The summed E-state index contributed by atoms with van der Waals surface area (Å²) in [5, 5.41) is 11.6. The van der Waals surface area contributed by atoms with Crippen LogP contribution in [0.1, 0.15) is 42.6 Å². The van der Waals surface area contributed by atoms with Gasteiger partial charge in [-0.2, -0.15) is 0 Å². The highest BCUT2D eigenvalue weighted by molar-refractivity contribution is 6.31. The van der Waals surface area contributed by atoms with Gasteiger partial charge in [0.25, 0.3) is 0 Å². The van der Waals surface area contributed by atoms with Gasteiger partial charge < -0.3 is 23.5 Å². The monoisotopic (exact) mass is 451 g/mol. The van der Waals surface area contributed by atoms with Crippen molar-refractivity contribution in [3.8, 4) is 17.1 Å². The van der Waals surface area contributed by atoms with Crippen molar-refractivity contribution < 1.29 is 23.5 Å². The molecule has 2 heterocycles. The molecule has 2 aromatic heterocycles. The number of rotatable bonds is 5. The van der Waals surface area contributed by atoms with E-state index in [1.807, 2.05) is 24.3 Å². The Bertz CT molecular complexity index is 1360. The van der Waals surface area contributed by atoms with Crippen molar-refractivity contribution in [3.63, 3.8) is 0 Å². The van der Waals surface area contributed by atoms with Crippen LogP contribution in [-0.4, -0.2) is 5.97 Å². The van der Waals surface area contributed by atoms with Crippen LogP contribution in [0.25, 0.3) is 22.3 Å². The van der Waals surface area contributed by atoms with Gasteiger partial charge in [0, 0.05) is 10.6 Å². The van der Waals surface area contributed by atoms with Crippen molar-refractivity contribution in [2.45, 2.75) is 32.8 Å². The number of carboxylic acid groups (broad SMARTS) is 1. The van der Waals surface area contributed by atoms with E-state index in [0.717, 1.165) is 5.56 Å². The van der Waals surface area contributed by atoms with Crippen molar-refractivity contribution in [2.75, 3.05) is 0 Å². The lowest BCUT2D eigenvalue weighted by Crippen LogP contribution is -2.21. The number of carbonyl (C=O) groups is 1. The number of carboxylic acids is 1. The fourth-order valence-corrected chi connectivity index (χ4v) is 3.47. The van der Waals surface area contributed by atoms with Gasteiger partial charge in [-0.15, -0.1) is 0 Å². The summed E-state index contributed by atoms with van der Waals surface area (Å²) in [5.41, 5.74) is 1.74. The molecule has 0 unspecified atom stereocenters. The first-order chi connectivity index (χ1) is 15.1. The van der Waals surface area contributed by atoms with Crippen molar-refractivity contribution in [1.29, 1.82) is 0 Å². The molecule has 0 bridgehead atoms. The second kappa shape index (κ2) is 8.20. The largest absolute Gasteiger partial charge is 0.542 e. The third-order valence-electron chi connectivity index (χ3n) is 5.05. The Kier molecular flexibility index (Phi) is 5.57. The van der Waals surface area contributed by atoms with Crippen LogP contribution >= 0.6 is 11.6 Å². The summed E-state index contributed by atoms with van der Waals surface area (Å²) in [7, 11) is 0. The molecule has 0 spiro atoms. The molecule has 0 saturated heterocycles. The molecule has 7 heteroatoms. The Hall–Kier alpha value is -3.51. The predicted octanol–water partition coefficient (Wildman–Crippen LogP) is 4.95. The first kappa shape index (κ1) is 21.7. The average Bonchev–Trinajstić information content (AvgIpc) is 3.22. The van der Waals surface area contributed by atoms with E-state index in [-0.39, 0.29) is 40.4 Å². The summed E-state index contributed by atoms with van der Waals surface area (Å²) in [6, 6.07) is 15.2. The van der Waals surface area contributed by atoms with E-state index >= 15 is 0 Å². The molecule has 0 aliphatic heterocycles. The average molecular weight is 452 g/mol. The van der Waals surface area contributed by atoms with Crippen LogP contribution in [-0.2, 0) is 12.0 Å². The zero-order valence-electron chi connectivity index (χ0n) is 17.7. The Labute approximate surface area is 189 Å². The number of ether oxygens (including phenoxy) is 1. The molecule has 0 atom stereocenters. The molecule has 0 aliphatic rings. The number of hydrogen-bond donors (Lipinski definition) is 0. The summed E-state index contributed by atoms with van der Waals surface area (Å²) in [6.45, 7) is 6.17. The third kappa shape index (κ3) is 4.27. The van der Waals surface area contributed by atoms with Gasteiger partial charge in [0.15, 0.2) is 5.76 Å². The molecule has 4 aromatic rings. The highest BCUT2D eigenvalue weighted by atomic mass is 35.5. The number of fused-ring (bicyclic) bond motifs is 1. The normalized spacial score (nSPS) is 11.6. The van der Waals surface area contributed by atoms with Gasteiger partial charge in [0.05, 0.1) is 5.39 Å². The lowest BCUT2D eigenvalue weighted by Gasteiger charge is -2.19. The van der Waals surface area contributed by atoms with Crippen LogP contribution in [0.15, 0.2) is 68.2 Å². The van der Waals surface area contributed by atoms with E-state index in [2.05, 4.69) is 20.8 Å². The van der Waals surface area contributed by atoms with Gasteiger partial charge >= 0.3 is 0 Å². The van der Waals surface area contributed by atoms with Crippen LogP contribution in [0.4, 0.5) is 0 Å². The van der Waals surface area contributed by atoms with Gasteiger partial charge in [-0.3, -0.25) is 4.79 Å². The van der Waals surface area contributed by atoms with E-state index in [4.69, 9.17) is 25.2 Å². The topological polar surface area (TPSA) is 92.7 Å². The van der Waals surface area contributed by atoms with Crippen molar-refractivity contribution in [2.24, 2.45) is 0 Å². The Morgan fingerprint density at radius 1 is 1.03 bits per heavy atom. The highest BCUT2D eigenvalue weighted by Gasteiger charge is 2.20. The Morgan fingerprint density at radius 3 is 2.38 bits per heavy atom. The fourth-order valence-electron chi connectivity index (χ4n) is 3.30. The van der Waals surface area contributed by atoms with Gasteiger partial charge in [-0.1, -0.05) is 56.6 Å². The molecule has 32 heavy (non-hydrogen) atoms. The zero-order valence-corrected chi connectivity index (χ0v) is 18.5. The van der Waals surface area contributed by atoms with Gasteiger partial charge in [-0.05, 0) is 41.3 Å². The molecule has 164 valence electrons. The van der Waals surface area contributed by atoms with Crippen molar-refractivity contribution in [3.05, 3.63) is 86.9 Å². The predicted molar refractivity (Wildman–Crippen MR) is 119 cm³/mol. The first-order valence-electron chi connectivity index (χ1n) is 9.93. The minimum atomic E-state index is -1.43. The van der Waals surface area contributed by atoms with Gasteiger partial charge in [0.1, 0.15) is 29.7 Å². The molecule has 0 fully saturated rings. The SMILES string of the molecule is CC(C)(C)c1ccc(-c2oc3ccc(Cl)cc3c(=O)c2OCc2ccc(C(=O)[O-])o2)cc1. The maximum absolute atomic E-state index is 13.3. The fraction of sp³-hybridized carbons (Fsp3) is 0.200. The smallest absolute Gasteiger partial charge is 0.235 e. The molecule has 0 N–H and O–H groups in total. The van der Waals surface area contributed by atoms with Gasteiger partial charge in [0.2, 0.25) is 11.2 Å². The van der Waals surface area contributed by atoms with Crippen molar-refractivity contribution in [1.82, 2.24) is 0 Å². The minimum Gasteiger partial charge on any atom is -0.542 e. The Morgan fingerprint density at radius 2 is 1.75 bits per heavy atom. The standard InChI is InChI=1S/C25H21ClO6/c1-25(2,3)15-6-4-14(5-7-15)22-23(30-13-17-9-11-20(31-17)24(28)29)21(27)18-12-16(26)8-10-19(18)32-22/h4-12H,13H2,1-3H3,(H,28,29)/p-1. The number of halogens is 1. The van der Waals surface area contributed by atoms with Crippen LogP contribution < -0.4 is 15.3 Å². The number of carbonyl (C=O) groups excluding carboxylic acids is 1. The summed E-state index contributed by atoms with van der Waals surface area (Å²) >= 11 is 6.07. The van der Waals surface area contributed by atoms with E-state index in [0.29, 0.717) is 16.2 Å². The lowest BCUT2D eigenvalue weighted by atomic mass is 9.86. The molecular weight excluding hydrogens is 432 g/mol. The number of hydrogen-bond acceptors (Lipinski definition) is 6. The number of aromatic carboxylic acids is 1. The van der Waals surface area contributed by atoms with E-state index < -0.39 is 11.4 Å². The van der Waals surface area contributed by atoms with E-state index in [1.165, 1.54) is 18.2 Å². The Balaban J connectivity index is 1.80. The van der Waals surface area contributed by atoms with Crippen LogP contribution in [0.3, 0.4) is 0 Å². The van der Waals surface area contributed by atoms with Crippen LogP contribution in [0.2, 0.25) is 5.02 Å². The second-order valence-electron chi connectivity index (χ2n) is 8.40. The van der Waals surface area contributed by atoms with Crippen LogP contribution in [0, 0.1) is 0 Å². The van der Waals surface area contributed by atoms with Crippen molar-refractivity contribution >= 4 is 28.5 Å². The molecule has 6 nitrogen and oxygen atoms in total. The third-order valence-corrected chi connectivity index (χ3v) is 5.28. The highest BCUT2D eigenvalue weighted by Crippen LogP contribution is 2.33. The zero-order chi connectivity index (χ0) is 23.0. The summed E-state index contributed by atoms with van der Waals surface area (Å²) < 4.78 is 17.0. The molecule has 0 saturated carbocycles. The molecule has 0 radical (unpaired) electrons. The lowest BCUT2D eigenvalue weighted by molar-refractivity contribution is -0.257. The molecular formula is C25H20ClO6-. The molecule has 4 rings (SSSR count). The second-order valence-corrected chi connectivity index (χ2v) is 8.84. The maximum Gasteiger partial charge on any atom is 0.235 e. The summed E-state index contributed by atoms with van der Waals surface area (Å²) in [6.07, 6.45) is 0. The molecule has 0 amide bonds. The molecule has 0 aliphatic carbocycles. The minimum absolute atomic E-state index is 0.0188.